The van der Waals surface area contributed by atoms with Gasteiger partial charge in [-0.3, -0.25) is 14.6 Å². The highest BCUT2D eigenvalue weighted by Crippen LogP contribution is 2.14. The third kappa shape index (κ3) is 4.99. The number of hydrogen-bond acceptors (Lipinski definition) is 6. The smallest absolute Gasteiger partial charge is 0.236 e. The SMILES string of the molecule is CC(C)[C@H](C#N)N1CCN(C(=O)CN(C)Cc2nccs2)CC1. The number of aromatic nitrogens is 1. The van der Waals surface area contributed by atoms with E-state index in [0.717, 1.165) is 18.1 Å². The Bertz CT molecular complexity index is 531. The van der Waals surface area contributed by atoms with E-state index in [1.54, 1.807) is 17.5 Å². The van der Waals surface area contributed by atoms with Gasteiger partial charge in [0.25, 0.3) is 0 Å². The molecule has 2 heterocycles. The van der Waals surface area contributed by atoms with Crippen LogP contribution in [-0.2, 0) is 11.3 Å². The normalized spacial score (nSPS) is 17.5. The molecule has 7 heteroatoms. The van der Waals surface area contributed by atoms with E-state index in [-0.39, 0.29) is 11.9 Å². The molecule has 0 unspecified atom stereocenters. The predicted octanol–water partition coefficient (Wildman–Crippen LogP) is 1.27. The molecule has 0 saturated carbocycles. The van der Waals surface area contributed by atoms with E-state index >= 15 is 0 Å². The zero-order valence-electron chi connectivity index (χ0n) is 14.1. The molecule has 1 saturated heterocycles. The van der Waals surface area contributed by atoms with Crippen LogP contribution in [0, 0.1) is 17.2 Å². The lowest BCUT2D eigenvalue weighted by Crippen LogP contribution is -2.54. The minimum atomic E-state index is -0.0557. The van der Waals surface area contributed by atoms with Crippen LogP contribution in [0.3, 0.4) is 0 Å². The highest BCUT2D eigenvalue weighted by Gasteiger charge is 2.27. The average molecular weight is 335 g/mol. The summed E-state index contributed by atoms with van der Waals surface area (Å²) in [7, 11) is 1.94. The van der Waals surface area contributed by atoms with Gasteiger partial charge in [-0.15, -0.1) is 11.3 Å². The zero-order valence-corrected chi connectivity index (χ0v) is 14.9. The highest BCUT2D eigenvalue weighted by molar-refractivity contribution is 7.09. The second-order valence-electron chi connectivity index (χ2n) is 6.33. The molecule has 1 aromatic heterocycles. The molecule has 6 nitrogen and oxygen atoms in total. The zero-order chi connectivity index (χ0) is 16.8. The number of piperazine rings is 1. The van der Waals surface area contributed by atoms with Gasteiger partial charge in [0.05, 0.1) is 19.2 Å². The molecule has 0 bridgehead atoms. The summed E-state index contributed by atoms with van der Waals surface area (Å²) in [5.74, 6) is 0.466. The molecular weight excluding hydrogens is 310 g/mol. The fraction of sp³-hybridized carbons (Fsp3) is 0.688. The van der Waals surface area contributed by atoms with Gasteiger partial charge in [-0.05, 0) is 13.0 Å². The number of rotatable bonds is 6. The van der Waals surface area contributed by atoms with Gasteiger partial charge in [-0.25, -0.2) is 4.98 Å². The monoisotopic (exact) mass is 335 g/mol. The topological polar surface area (TPSA) is 63.5 Å². The second kappa shape index (κ2) is 8.39. The maximum Gasteiger partial charge on any atom is 0.236 e. The van der Waals surface area contributed by atoms with E-state index in [2.05, 4.69) is 29.8 Å². The van der Waals surface area contributed by atoms with E-state index in [1.165, 1.54) is 0 Å². The molecule has 1 aliphatic rings. The molecule has 2 rings (SSSR count). The van der Waals surface area contributed by atoms with Gasteiger partial charge in [0.2, 0.25) is 5.91 Å². The maximum absolute atomic E-state index is 12.4. The Morgan fingerprint density at radius 1 is 1.43 bits per heavy atom. The third-order valence-corrected chi connectivity index (χ3v) is 4.88. The van der Waals surface area contributed by atoms with E-state index < -0.39 is 0 Å². The molecule has 1 fully saturated rings. The number of nitrogens with zero attached hydrogens (tertiary/aromatic N) is 5. The van der Waals surface area contributed by atoms with E-state index in [0.29, 0.717) is 32.1 Å². The molecule has 1 atom stereocenters. The first-order valence-corrected chi connectivity index (χ1v) is 8.87. The van der Waals surface area contributed by atoms with Gasteiger partial charge in [-0.2, -0.15) is 5.26 Å². The Kier molecular flexibility index (Phi) is 6.51. The van der Waals surface area contributed by atoms with Crippen LogP contribution >= 0.6 is 11.3 Å². The van der Waals surface area contributed by atoms with Gasteiger partial charge < -0.3 is 4.90 Å². The molecular formula is C16H25N5OS. The van der Waals surface area contributed by atoms with Crippen molar-refractivity contribution in [2.75, 3.05) is 39.8 Å². The van der Waals surface area contributed by atoms with Crippen molar-refractivity contribution in [3.05, 3.63) is 16.6 Å². The van der Waals surface area contributed by atoms with Crippen LogP contribution in [0.5, 0.6) is 0 Å². The first-order chi connectivity index (χ1) is 11.0. The highest BCUT2D eigenvalue weighted by atomic mass is 32.1. The van der Waals surface area contributed by atoms with E-state index in [4.69, 9.17) is 0 Å². The lowest BCUT2D eigenvalue weighted by molar-refractivity contribution is -0.134. The number of thiazole rings is 1. The summed E-state index contributed by atoms with van der Waals surface area (Å²) in [6.45, 7) is 8.21. The van der Waals surface area contributed by atoms with Crippen LogP contribution < -0.4 is 0 Å². The van der Waals surface area contributed by atoms with Crippen molar-refractivity contribution in [1.82, 2.24) is 19.7 Å². The van der Waals surface area contributed by atoms with Crippen LogP contribution in [0.25, 0.3) is 0 Å². The molecule has 0 N–H and O–H groups in total. The lowest BCUT2D eigenvalue weighted by atomic mass is 10.0. The van der Waals surface area contributed by atoms with Gasteiger partial charge >= 0.3 is 0 Å². The quantitative estimate of drug-likeness (QED) is 0.783. The van der Waals surface area contributed by atoms with Crippen molar-refractivity contribution in [2.45, 2.75) is 26.4 Å². The third-order valence-electron chi connectivity index (χ3n) is 4.12. The Labute approximate surface area is 142 Å². The number of likely N-dealkylation sites (N-methyl/N-ethyl adjacent to an activating group) is 1. The van der Waals surface area contributed by atoms with Crippen molar-refractivity contribution in [3.8, 4) is 6.07 Å². The summed E-state index contributed by atoms with van der Waals surface area (Å²) in [6, 6.07) is 2.32. The van der Waals surface area contributed by atoms with E-state index in [1.807, 2.05) is 22.2 Å². The molecule has 126 valence electrons. The molecule has 1 aliphatic heterocycles. The molecule has 0 spiro atoms. The first kappa shape index (κ1) is 17.9. The van der Waals surface area contributed by atoms with Crippen molar-refractivity contribution in [3.63, 3.8) is 0 Å². The Morgan fingerprint density at radius 3 is 2.65 bits per heavy atom. The Balaban J connectivity index is 1.78. The molecule has 1 aromatic rings. The summed E-state index contributed by atoms with van der Waals surface area (Å²) in [4.78, 5) is 22.7. The summed E-state index contributed by atoms with van der Waals surface area (Å²) >= 11 is 1.61. The minimum absolute atomic E-state index is 0.0557. The first-order valence-electron chi connectivity index (χ1n) is 7.99. The van der Waals surface area contributed by atoms with E-state index in [9.17, 15) is 10.1 Å². The van der Waals surface area contributed by atoms with Crippen LogP contribution in [0.1, 0.15) is 18.9 Å². The largest absolute Gasteiger partial charge is 0.339 e. The van der Waals surface area contributed by atoms with Crippen molar-refractivity contribution in [2.24, 2.45) is 5.92 Å². The molecule has 1 amide bonds. The van der Waals surface area contributed by atoms with Crippen LogP contribution in [0.2, 0.25) is 0 Å². The average Bonchev–Trinajstić information content (AvgIpc) is 3.01. The number of carbonyl (C=O) groups is 1. The summed E-state index contributed by atoms with van der Waals surface area (Å²) in [5.41, 5.74) is 0. The number of carbonyl (C=O) groups excluding carboxylic acids is 1. The second-order valence-corrected chi connectivity index (χ2v) is 7.31. The van der Waals surface area contributed by atoms with Gasteiger partial charge in [0.1, 0.15) is 11.0 Å². The Hall–Kier alpha value is -1.49. The van der Waals surface area contributed by atoms with Crippen molar-refractivity contribution < 1.29 is 4.79 Å². The summed E-state index contributed by atoms with van der Waals surface area (Å²) < 4.78 is 0. The number of nitriles is 1. The number of amides is 1. The van der Waals surface area contributed by atoms with Gasteiger partial charge in [0.15, 0.2) is 0 Å². The van der Waals surface area contributed by atoms with Gasteiger partial charge in [0, 0.05) is 37.8 Å². The van der Waals surface area contributed by atoms with Crippen molar-refractivity contribution in [1.29, 1.82) is 5.26 Å². The molecule has 0 aromatic carbocycles. The molecule has 0 radical (unpaired) electrons. The minimum Gasteiger partial charge on any atom is -0.339 e. The van der Waals surface area contributed by atoms with Crippen molar-refractivity contribution >= 4 is 17.2 Å². The standard InChI is InChI=1S/C16H25N5OS/c1-13(2)14(10-17)20-5-7-21(8-6-20)16(22)12-19(3)11-15-18-4-9-23-15/h4,9,13-14H,5-8,11-12H2,1-3H3/t14-/m0/s1. The summed E-state index contributed by atoms with van der Waals surface area (Å²) in [6.07, 6.45) is 1.79. The fourth-order valence-corrected chi connectivity index (χ4v) is 3.55. The van der Waals surface area contributed by atoms with Crippen LogP contribution in [-0.4, -0.2) is 71.4 Å². The van der Waals surface area contributed by atoms with Crippen LogP contribution in [0.15, 0.2) is 11.6 Å². The lowest BCUT2D eigenvalue weighted by Gasteiger charge is -2.38. The predicted molar refractivity (Wildman–Crippen MR) is 90.8 cm³/mol. The molecule has 23 heavy (non-hydrogen) atoms. The van der Waals surface area contributed by atoms with Crippen LogP contribution in [0.4, 0.5) is 0 Å². The Morgan fingerprint density at radius 2 is 2.13 bits per heavy atom. The number of hydrogen-bond donors (Lipinski definition) is 0. The van der Waals surface area contributed by atoms with Gasteiger partial charge in [-0.1, -0.05) is 13.8 Å². The maximum atomic E-state index is 12.4. The summed E-state index contributed by atoms with van der Waals surface area (Å²) in [5, 5.41) is 12.3. The molecule has 0 aliphatic carbocycles. The fourth-order valence-electron chi connectivity index (χ4n) is 2.85.